The third-order valence-corrected chi connectivity index (χ3v) is 8.45. The van der Waals surface area contributed by atoms with Crippen LogP contribution in [0.15, 0.2) is 42.0 Å². The molecule has 0 aromatic carbocycles. The molecule has 0 bridgehead atoms. The van der Waals surface area contributed by atoms with Crippen molar-refractivity contribution in [3.05, 3.63) is 42.0 Å². The molecule has 0 spiro atoms. The van der Waals surface area contributed by atoms with Crippen LogP contribution in [0.5, 0.6) is 0 Å². The van der Waals surface area contributed by atoms with Gasteiger partial charge in [-0.2, -0.15) is 0 Å². The molecule has 0 fully saturated rings. The maximum absolute atomic E-state index is 2.39. The second-order valence-corrected chi connectivity index (χ2v) is 8.05. The van der Waals surface area contributed by atoms with Crippen LogP contribution >= 0.6 is 0 Å². The van der Waals surface area contributed by atoms with Crippen molar-refractivity contribution in [3.8, 4) is 0 Å². The quantitative estimate of drug-likeness (QED) is 0.626. The first-order valence-electron chi connectivity index (χ1n) is 7.26. The summed E-state index contributed by atoms with van der Waals surface area (Å²) in [5.74, 6) is 1.35. The average Bonchev–Trinajstić information content (AvgIpc) is 2.68. The summed E-state index contributed by atoms with van der Waals surface area (Å²) in [7, 11) is 0. The summed E-state index contributed by atoms with van der Waals surface area (Å²) >= 11 is 0.193. The summed E-state index contributed by atoms with van der Waals surface area (Å²) in [6.45, 7) is 18.7. The van der Waals surface area contributed by atoms with E-state index >= 15 is 0 Å². The first-order chi connectivity index (χ1) is 8.77. The molecule has 2 rings (SSSR count). The van der Waals surface area contributed by atoms with Crippen molar-refractivity contribution >= 4 is 0 Å². The van der Waals surface area contributed by atoms with E-state index in [0.717, 1.165) is 0 Å². The summed E-state index contributed by atoms with van der Waals surface area (Å²) < 4.78 is 3.49. The predicted molar refractivity (Wildman–Crippen MR) is 80.5 cm³/mol. The van der Waals surface area contributed by atoms with E-state index in [1.165, 1.54) is 0 Å². The third kappa shape index (κ3) is 3.40. The zero-order chi connectivity index (χ0) is 14.5. The fourth-order valence-corrected chi connectivity index (χ4v) is 5.84. The summed E-state index contributed by atoms with van der Waals surface area (Å²) in [6.07, 6.45) is 0. The second kappa shape index (κ2) is 7.60. The molecular formula is C18H26Cl2V. The van der Waals surface area contributed by atoms with Crippen LogP contribution in [-0.2, 0) is 16.3 Å². The molecule has 0 amide bonds. The van der Waals surface area contributed by atoms with E-state index in [9.17, 15) is 0 Å². The van der Waals surface area contributed by atoms with Crippen LogP contribution in [-0.4, -0.2) is 0 Å². The van der Waals surface area contributed by atoms with Crippen LogP contribution in [0.25, 0.3) is 0 Å². The largest absolute Gasteiger partial charge is 1.00 e. The number of rotatable bonds is 2. The van der Waals surface area contributed by atoms with Crippen molar-refractivity contribution in [2.75, 3.05) is 0 Å². The predicted octanol–water partition coefficient (Wildman–Crippen LogP) is -0.403. The Labute approximate surface area is 150 Å². The minimum Gasteiger partial charge on any atom is -1.00 e. The molecule has 2 aliphatic carbocycles. The van der Waals surface area contributed by atoms with Crippen LogP contribution in [0.3, 0.4) is 0 Å². The molecule has 0 saturated carbocycles. The van der Waals surface area contributed by atoms with E-state index in [1.807, 2.05) is 0 Å². The Morgan fingerprint density at radius 3 is 1.05 bits per heavy atom. The standard InChI is InChI=1S/2C9H13.2ClH.V/c2*1-6-5-7(2)9(4)8(6)3;;;/h2*6H,1-4H3;2*1H;/q;;;;+2/p-2. The molecule has 2 unspecified atom stereocenters. The number of allylic oxidation sites excluding steroid dienone is 8. The Morgan fingerprint density at radius 2 is 0.857 bits per heavy atom. The van der Waals surface area contributed by atoms with Crippen LogP contribution < -0.4 is 24.8 Å². The summed E-state index contributed by atoms with van der Waals surface area (Å²) in [4.78, 5) is 0. The van der Waals surface area contributed by atoms with Gasteiger partial charge in [0.05, 0.1) is 0 Å². The molecule has 0 N–H and O–H groups in total. The van der Waals surface area contributed by atoms with Crippen molar-refractivity contribution in [3.63, 3.8) is 0 Å². The molecule has 0 aromatic rings. The summed E-state index contributed by atoms with van der Waals surface area (Å²) in [5.41, 5.74) is 9.44. The van der Waals surface area contributed by atoms with Crippen LogP contribution in [0.1, 0.15) is 55.4 Å². The van der Waals surface area contributed by atoms with Crippen LogP contribution in [0.4, 0.5) is 0 Å². The van der Waals surface area contributed by atoms with E-state index in [0.29, 0.717) is 11.8 Å². The van der Waals surface area contributed by atoms with Gasteiger partial charge in [-0.3, -0.25) is 0 Å². The van der Waals surface area contributed by atoms with Crippen molar-refractivity contribution < 1.29 is 41.1 Å². The van der Waals surface area contributed by atoms with E-state index < -0.39 is 0 Å². The number of hydrogen-bond acceptors (Lipinski definition) is 0. The number of hydrogen-bond donors (Lipinski definition) is 0. The summed E-state index contributed by atoms with van der Waals surface area (Å²) in [6, 6.07) is 0. The molecular weight excluding hydrogens is 338 g/mol. The Morgan fingerprint density at radius 1 is 0.571 bits per heavy atom. The molecule has 2 aliphatic rings. The Kier molecular flexibility index (Phi) is 7.64. The fourth-order valence-electron chi connectivity index (χ4n) is 3.18. The van der Waals surface area contributed by atoms with Gasteiger partial charge in [-0.15, -0.1) is 0 Å². The molecule has 117 valence electrons. The normalized spacial score (nSPS) is 25.3. The first kappa shape index (κ1) is 21.1. The Bertz CT molecular complexity index is 512. The van der Waals surface area contributed by atoms with Gasteiger partial charge in [-0.25, -0.2) is 0 Å². The smallest absolute Gasteiger partial charge is 1.00 e. The van der Waals surface area contributed by atoms with Crippen molar-refractivity contribution in [1.29, 1.82) is 0 Å². The molecule has 0 aliphatic heterocycles. The van der Waals surface area contributed by atoms with Gasteiger partial charge >= 0.3 is 126 Å². The van der Waals surface area contributed by atoms with E-state index in [-0.39, 0.29) is 41.1 Å². The molecule has 0 nitrogen and oxygen atoms in total. The molecule has 3 heteroatoms. The zero-order valence-corrected chi connectivity index (χ0v) is 17.3. The number of halogens is 2. The fraction of sp³-hybridized carbons (Fsp3) is 0.556. The van der Waals surface area contributed by atoms with Crippen molar-refractivity contribution in [2.45, 2.75) is 55.4 Å². The second-order valence-electron chi connectivity index (χ2n) is 6.19. The van der Waals surface area contributed by atoms with Gasteiger partial charge < -0.3 is 24.8 Å². The maximum atomic E-state index is 2.39. The first-order valence-corrected chi connectivity index (χ1v) is 8.65. The Balaban J connectivity index is 0.00000200. The zero-order valence-electron chi connectivity index (χ0n) is 14.4. The molecule has 0 saturated heterocycles. The van der Waals surface area contributed by atoms with Crippen molar-refractivity contribution in [1.82, 2.24) is 0 Å². The van der Waals surface area contributed by atoms with Gasteiger partial charge in [-0.1, -0.05) is 0 Å². The van der Waals surface area contributed by atoms with Gasteiger partial charge in [0.1, 0.15) is 0 Å². The molecule has 2 atom stereocenters. The monoisotopic (exact) mass is 363 g/mol. The average molecular weight is 364 g/mol. The Hall–Kier alpha value is 0.124. The minimum absolute atomic E-state index is 0. The van der Waals surface area contributed by atoms with Crippen LogP contribution in [0, 0.1) is 11.8 Å². The minimum atomic E-state index is 0. The van der Waals surface area contributed by atoms with Gasteiger partial charge in [0.2, 0.25) is 0 Å². The molecule has 0 radical (unpaired) electrons. The molecule has 0 aromatic heterocycles. The van der Waals surface area contributed by atoms with E-state index in [2.05, 4.69) is 55.4 Å². The SMILES string of the molecule is CC1=C(C)C(C)[C]([V+2][C]2=C(C)C(C)=C(C)C2C)=C1C.[Cl-].[Cl-]. The van der Waals surface area contributed by atoms with Gasteiger partial charge in [0, 0.05) is 0 Å². The van der Waals surface area contributed by atoms with Crippen molar-refractivity contribution in [2.24, 2.45) is 11.8 Å². The van der Waals surface area contributed by atoms with Gasteiger partial charge in [0.25, 0.3) is 0 Å². The topological polar surface area (TPSA) is 0 Å². The van der Waals surface area contributed by atoms with E-state index in [1.54, 1.807) is 42.0 Å². The molecule has 0 heterocycles. The summed E-state index contributed by atoms with van der Waals surface area (Å²) in [5, 5.41) is 0. The maximum Gasteiger partial charge on any atom is -1.00 e. The van der Waals surface area contributed by atoms with Gasteiger partial charge in [-0.05, 0) is 0 Å². The molecule has 21 heavy (non-hydrogen) atoms. The third-order valence-electron chi connectivity index (χ3n) is 5.44. The van der Waals surface area contributed by atoms with E-state index in [4.69, 9.17) is 0 Å². The van der Waals surface area contributed by atoms with Crippen LogP contribution in [0.2, 0.25) is 0 Å². The van der Waals surface area contributed by atoms with Gasteiger partial charge in [0.15, 0.2) is 0 Å².